The third-order valence-electron chi connectivity index (χ3n) is 3.24. The van der Waals surface area contributed by atoms with Gasteiger partial charge in [-0.25, -0.2) is 4.98 Å². The van der Waals surface area contributed by atoms with Crippen molar-refractivity contribution in [2.45, 2.75) is 26.7 Å². The molecule has 0 atom stereocenters. The predicted molar refractivity (Wildman–Crippen MR) is 82.6 cm³/mol. The SMILES string of the molecule is CCCN(CCC)C(=O)c1cc(N)c2ccccc2n1. The molecule has 2 rings (SSSR count). The lowest BCUT2D eigenvalue weighted by molar-refractivity contribution is 0.0750. The number of para-hydroxylation sites is 1. The maximum Gasteiger partial charge on any atom is 0.272 e. The van der Waals surface area contributed by atoms with Gasteiger partial charge in [0.1, 0.15) is 5.69 Å². The Kier molecular flexibility index (Phi) is 4.56. The molecule has 0 saturated heterocycles. The summed E-state index contributed by atoms with van der Waals surface area (Å²) in [6.45, 7) is 5.64. The van der Waals surface area contributed by atoms with Gasteiger partial charge in [0.25, 0.3) is 5.91 Å². The largest absolute Gasteiger partial charge is 0.398 e. The number of pyridine rings is 1. The number of amides is 1. The molecule has 0 radical (unpaired) electrons. The van der Waals surface area contributed by atoms with E-state index in [-0.39, 0.29) is 5.91 Å². The van der Waals surface area contributed by atoms with Crippen LogP contribution in [0.4, 0.5) is 5.69 Å². The fourth-order valence-electron chi connectivity index (χ4n) is 2.33. The fraction of sp³-hybridized carbons (Fsp3) is 0.375. The van der Waals surface area contributed by atoms with E-state index in [0.29, 0.717) is 11.4 Å². The Labute approximate surface area is 119 Å². The summed E-state index contributed by atoms with van der Waals surface area (Å²) in [4.78, 5) is 18.8. The number of anilines is 1. The molecule has 20 heavy (non-hydrogen) atoms. The number of nitrogen functional groups attached to an aromatic ring is 1. The maximum absolute atomic E-state index is 12.5. The highest BCUT2D eigenvalue weighted by atomic mass is 16.2. The summed E-state index contributed by atoms with van der Waals surface area (Å²) >= 11 is 0. The molecule has 4 heteroatoms. The number of carbonyl (C=O) groups is 1. The molecule has 0 aliphatic rings. The summed E-state index contributed by atoms with van der Waals surface area (Å²) in [7, 11) is 0. The van der Waals surface area contributed by atoms with Gasteiger partial charge in [-0.3, -0.25) is 4.79 Å². The first-order valence-corrected chi connectivity index (χ1v) is 7.11. The zero-order chi connectivity index (χ0) is 14.5. The molecule has 4 nitrogen and oxygen atoms in total. The third kappa shape index (κ3) is 2.90. The Morgan fingerprint density at radius 3 is 2.50 bits per heavy atom. The first-order chi connectivity index (χ1) is 9.67. The number of carbonyl (C=O) groups excluding carboxylic acids is 1. The summed E-state index contributed by atoms with van der Waals surface area (Å²) in [6.07, 6.45) is 1.88. The van der Waals surface area contributed by atoms with Gasteiger partial charge < -0.3 is 10.6 Å². The molecule has 106 valence electrons. The minimum Gasteiger partial charge on any atom is -0.398 e. The second-order valence-corrected chi connectivity index (χ2v) is 4.91. The lowest BCUT2D eigenvalue weighted by Gasteiger charge is -2.21. The number of nitrogens with zero attached hydrogens (tertiary/aromatic N) is 2. The molecule has 0 unspecified atom stereocenters. The molecule has 1 amide bonds. The Hall–Kier alpha value is -2.10. The number of hydrogen-bond acceptors (Lipinski definition) is 3. The summed E-state index contributed by atoms with van der Waals surface area (Å²) in [5.74, 6) is -0.0360. The Bertz CT molecular complexity index is 604. The highest BCUT2D eigenvalue weighted by Gasteiger charge is 2.17. The van der Waals surface area contributed by atoms with E-state index in [0.717, 1.165) is 36.8 Å². The zero-order valence-electron chi connectivity index (χ0n) is 12.1. The summed E-state index contributed by atoms with van der Waals surface area (Å²) in [5.41, 5.74) is 7.84. The lowest BCUT2D eigenvalue weighted by Crippen LogP contribution is -2.33. The number of nitrogens with two attached hydrogens (primary N) is 1. The van der Waals surface area contributed by atoms with Crippen molar-refractivity contribution in [1.29, 1.82) is 0 Å². The van der Waals surface area contributed by atoms with Gasteiger partial charge in [-0.2, -0.15) is 0 Å². The molecule has 0 fully saturated rings. The van der Waals surface area contributed by atoms with Crippen LogP contribution in [0.5, 0.6) is 0 Å². The van der Waals surface area contributed by atoms with Gasteiger partial charge in [0.15, 0.2) is 0 Å². The normalized spacial score (nSPS) is 10.7. The first kappa shape index (κ1) is 14.3. The maximum atomic E-state index is 12.5. The van der Waals surface area contributed by atoms with Gasteiger partial charge in [0.05, 0.1) is 5.52 Å². The van der Waals surface area contributed by atoms with Crippen LogP contribution in [0, 0.1) is 0 Å². The van der Waals surface area contributed by atoms with E-state index in [9.17, 15) is 4.79 Å². The summed E-state index contributed by atoms with van der Waals surface area (Å²) < 4.78 is 0. The molecule has 1 aromatic carbocycles. The van der Waals surface area contributed by atoms with E-state index in [1.54, 1.807) is 6.07 Å². The standard InChI is InChI=1S/C16H21N3O/c1-3-9-19(10-4-2)16(20)15-11-13(17)12-7-5-6-8-14(12)18-15/h5-8,11H,3-4,9-10H2,1-2H3,(H2,17,18). The Morgan fingerprint density at radius 1 is 1.20 bits per heavy atom. The number of rotatable bonds is 5. The molecule has 0 saturated carbocycles. The van der Waals surface area contributed by atoms with Gasteiger partial charge in [0, 0.05) is 24.2 Å². The van der Waals surface area contributed by atoms with Gasteiger partial charge in [-0.1, -0.05) is 32.0 Å². The zero-order valence-corrected chi connectivity index (χ0v) is 12.1. The van der Waals surface area contributed by atoms with Crippen LogP contribution < -0.4 is 5.73 Å². The second kappa shape index (κ2) is 6.37. The third-order valence-corrected chi connectivity index (χ3v) is 3.24. The van der Waals surface area contributed by atoms with Crippen LogP contribution in [0.25, 0.3) is 10.9 Å². The van der Waals surface area contributed by atoms with Gasteiger partial charge >= 0.3 is 0 Å². The molecular weight excluding hydrogens is 250 g/mol. The predicted octanol–water partition coefficient (Wildman–Crippen LogP) is 3.08. The van der Waals surface area contributed by atoms with E-state index in [1.165, 1.54) is 0 Å². The quantitative estimate of drug-likeness (QED) is 0.909. The summed E-state index contributed by atoms with van der Waals surface area (Å²) in [5, 5.41) is 0.890. The molecular formula is C16H21N3O. The molecule has 2 N–H and O–H groups in total. The van der Waals surface area contributed by atoms with Crippen molar-refractivity contribution in [2.24, 2.45) is 0 Å². The van der Waals surface area contributed by atoms with Crippen molar-refractivity contribution >= 4 is 22.5 Å². The lowest BCUT2D eigenvalue weighted by atomic mass is 10.1. The Morgan fingerprint density at radius 2 is 1.85 bits per heavy atom. The van der Waals surface area contributed by atoms with Gasteiger partial charge in [-0.05, 0) is 25.0 Å². The molecule has 1 heterocycles. The molecule has 0 aliphatic heterocycles. The van der Waals surface area contributed by atoms with E-state index < -0.39 is 0 Å². The molecule has 0 bridgehead atoms. The van der Waals surface area contributed by atoms with E-state index in [2.05, 4.69) is 18.8 Å². The summed E-state index contributed by atoms with van der Waals surface area (Å²) in [6, 6.07) is 9.30. The minimum absolute atomic E-state index is 0.0360. The van der Waals surface area contributed by atoms with Crippen LogP contribution >= 0.6 is 0 Å². The number of aromatic nitrogens is 1. The molecule has 2 aromatic rings. The van der Waals surface area contributed by atoms with Crippen LogP contribution in [0.1, 0.15) is 37.2 Å². The highest BCUT2D eigenvalue weighted by Crippen LogP contribution is 2.20. The van der Waals surface area contributed by atoms with Crippen molar-refractivity contribution in [2.75, 3.05) is 18.8 Å². The molecule has 1 aromatic heterocycles. The van der Waals surface area contributed by atoms with Crippen LogP contribution in [0.3, 0.4) is 0 Å². The van der Waals surface area contributed by atoms with Gasteiger partial charge in [0.2, 0.25) is 0 Å². The van der Waals surface area contributed by atoms with Crippen LogP contribution in [0.15, 0.2) is 30.3 Å². The Balaban J connectivity index is 2.38. The van der Waals surface area contributed by atoms with Crippen LogP contribution in [0.2, 0.25) is 0 Å². The smallest absolute Gasteiger partial charge is 0.272 e. The first-order valence-electron chi connectivity index (χ1n) is 7.11. The highest BCUT2D eigenvalue weighted by molar-refractivity contribution is 5.99. The van der Waals surface area contributed by atoms with Crippen molar-refractivity contribution in [3.8, 4) is 0 Å². The molecule has 0 aliphatic carbocycles. The number of hydrogen-bond donors (Lipinski definition) is 1. The van der Waals surface area contributed by atoms with E-state index >= 15 is 0 Å². The van der Waals surface area contributed by atoms with Crippen molar-refractivity contribution in [3.63, 3.8) is 0 Å². The second-order valence-electron chi connectivity index (χ2n) is 4.91. The fourth-order valence-corrected chi connectivity index (χ4v) is 2.33. The topological polar surface area (TPSA) is 59.2 Å². The van der Waals surface area contributed by atoms with Crippen molar-refractivity contribution in [1.82, 2.24) is 9.88 Å². The van der Waals surface area contributed by atoms with Crippen molar-refractivity contribution < 1.29 is 4.79 Å². The number of benzene rings is 1. The van der Waals surface area contributed by atoms with E-state index in [4.69, 9.17) is 5.73 Å². The van der Waals surface area contributed by atoms with Crippen LogP contribution in [-0.4, -0.2) is 28.9 Å². The average Bonchev–Trinajstić information content (AvgIpc) is 2.46. The number of fused-ring (bicyclic) bond motifs is 1. The van der Waals surface area contributed by atoms with Crippen molar-refractivity contribution in [3.05, 3.63) is 36.0 Å². The monoisotopic (exact) mass is 271 g/mol. The van der Waals surface area contributed by atoms with Gasteiger partial charge in [-0.15, -0.1) is 0 Å². The molecule has 0 spiro atoms. The van der Waals surface area contributed by atoms with E-state index in [1.807, 2.05) is 29.2 Å². The average molecular weight is 271 g/mol. The minimum atomic E-state index is -0.0360. The van der Waals surface area contributed by atoms with Crippen LogP contribution in [-0.2, 0) is 0 Å².